The van der Waals surface area contributed by atoms with Gasteiger partial charge in [0.05, 0.1) is 7.11 Å². The zero-order chi connectivity index (χ0) is 18.9. The second-order valence-corrected chi connectivity index (χ2v) is 5.69. The number of anilines is 2. The fraction of sp³-hybridized carbons (Fsp3) is 0.263. The molecule has 0 aliphatic heterocycles. The van der Waals surface area contributed by atoms with Crippen molar-refractivity contribution in [3.63, 3.8) is 0 Å². The fourth-order valence-electron chi connectivity index (χ4n) is 2.13. The van der Waals surface area contributed by atoms with E-state index in [0.717, 1.165) is 0 Å². The molecule has 1 atom stereocenters. The number of benzene rings is 2. The van der Waals surface area contributed by atoms with Crippen LogP contribution in [0.25, 0.3) is 0 Å². The molecule has 2 amide bonds. The van der Waals surface area contributed by atoms with Gasteiger partial charge < -0.3 is 25.8 Å². The van der Waals surface area contributed by atoms with Gasteiger partial charge in [0.2, 0.25) is 5.91 Å². The number of nitrogens with two attached hydrogens (primary N) is 1. The first-order chi connectivity index (χ1) is 12.5. The molecule has 2 aromatic carbocycles. The number of methoxy groups -OCH3 is 1. The van der Waals surface area contributed by atoms with E-state index < -0.39 is 0 Å². The molecule has 0 saturated heterocycles. The molecule has 1 unspecified atom stereocenters. The Hall–Kier alpha value is -3.06. The number of ether oxygens (including phenoxy) is 2. The van der Waals surface area contributed by atoms with Gasteiger partial charge in [-0.05, 0) is 30.3 Å². The van der Waals surface area contributed by atoms with E-state index in [0.29, 0.717) is 22.9 Å². The normalized spacial score (nSPS) is 11.3. The summed E-state index contributed by atoms with van der Waals surface area (Å²) >= 11 is 0. The van der Waals surface area contributed by atoms with Crippen molar-refractivity contribution in [2.45, 2.75) is 6.92 Å². The molecular weight excluding hydrogens is 334 g/mol. The Morgan fingerprint density at radius 1 is 1.04 bits per heavy atom. The van der Waals surface area contributed by atoms with Crippen LogP contribution in [0, 0.1) is 5.92 Å². The second-order valence-electron chi connectivity index (χ2n) is 5.69. The smallest absolute Gasteiger partial charge is 0.262 e. The van der Waals surface area contributed by atoms with Gasteiger partial charge in [-0.1, -0.05) is 25.1 Å². The third-order valence-electron chi connectivity index (χ3n) is 3.64. The van der Waals surface area contributed by atoms with Crippen molar-refractivity contribution in [2.75, 3.05) is 30.9 Å². The van der Waals surface area contributed by atoms with Crippen LogP contribution in [0.5, 0.6) is 11.5 Å². The third kappa shape index (κ3) is 5.49. The lowest BCUT2D eigenvalue weighted by Crippen LogP contribution is -2.26. The van der Waals surface area contributed by atoms with Crippen molar-refractivity contribution in [2.24, 2.45) is 11.7 Å². The van der Waals surface area contributed by atoms with Gasteiger partial charge in [-0.2, -0.15) is 0 Å². The summed E-state index contributed by atoms with van der Waals surface area (Å²) in [4.78, 5) is 24.0. The van der Waals surface area contributed by atoms with Crippen molar-refractivity contribution in [1.82, 2.24) is 0 Å². The first-order valence-electron chi connectivity index (χ1n) is 8.20. The van der Waals surface area contributed by atoms with Gasteiger partial charge in [0.1, 0.15) is 0 Å². The maximum Gasteiger partial charge on any atom is 0.262 e. The molecule has 0 fully saturated rings. The fourth-order valence-corrected chi connectivity index (χ4v) is 2.13. The maximum atomic E-state index is 12.1. The lowest BCUT2D eigenvalue weighted by atomic mass is 10.1. The lowest BCUT2D eigenvalue weighted by molar-refractivity contribution is -0.119. The predicted octanol–water partition coefficient (Wildman–Crippen LogP) is 2.25. The van der Waals surface area contributed by atoms with E-state index in [2.05, 4.69) is 10.6 Å². The van der Waals surface area contributed by atoms with Gasteiger partial charge in [-0.25, -0.2) is 0 Å². The van der Waals surface area contributed by atoms with Crippen LogP contribution in [-0.2, 0) is 9.59 Å². The first-order valence-corrected chi connectivity index (χ1v) is 8.20. The zero-order valence-corrected chi connectivity index (χ0v) is 14.8. The Labute approximate surface area is 152 Å². The molecule has 26 heavy (non-hydrogen) atoms. The molecule has 0 bridgehead atoms. The van der Waals surface area contributed by atoms with Crippen molar-refractivity contribution in [3.05, 3.63) is 48.5 Å². The predicted molar refractivity (Wildman–Crippen MR) is 100 cm³/mol. The number of hydrogen-bond donors (Lipinski definition) is 3. The third-order valence-corrected chi connectivity index (χ3v) is 3.64. The highest BCUT2D eigenvalue weighted by atomic mass is 16.5. The van der Waals surface area contributed by atoms with E-state index >= 15 is 0 Å². The summed E-state index contributed by atoms with van der Waals surface area (Å²) < 4.78 is 10.7. The van der Waals surface area contributed by atoms with Gasteiger partial charge in [-0.15, -0.1) is 0 Å². The van der Waals surface area contributed by atoms with Gasteiger partial charge in [0.15, 0.2) is 18.1 Å². The molecule has 0 saturated carbocycles. The number of carbonyl (C=O) groups excluding carboxylic acids is 2. The molecule has 2 aromatic rings. The summed E-state index contributed by atoms with van der Waals surface area (Å²) in [6, 6.07) is 14.0. The Morgan fingerprint density at radius 2 is 1.69 bits per heavy atom. The van der Waals surface area contributed by atoms with Crippen molar-refractivity contribution in [3.8, 4) is 11.5 Å². The van der Waals surface area contributed by atoms with Gasteiger partial charge in [0, 0.05) is 23.8 Å². The molecule has 138 valence electrons. The molecule has 2 rings (SSSR count). The van der Waals surface area contributed by atoms with Crippen molar-refractivity contribution >= 4 is 23.2 Å². The highest BCUT2D eigenvalue weighted by Crippen LogP contribution is 2.25. The van der Waals surface area contributed by atoms with E-state index in [4.69, 9.17) is 15.2 Å². The molecule has 0 heterocycles. The summed E-state index contributed by atoms with van der Waals surface area (Å²) in [5.41, 5.74) is 6.62. The minimum atomic E-state index is -0.324. The molecule has 0 spiro atoms. The summed E-state index contributed by atoms with van der Waals surface area (Å²) in [6.07, 6.45) is 0. The zero-order valence-electron chi connectivity index (χ0n) is 14.8. The molecule has 4 N–H and O–H groups in total. The second kappa shape index (κ2) is 9.43. The average molecular weight is 357 g/mol. The first kappa shape index (κ1) is 19.3. The van der Waals surface area contributed by atoms with E-state index in [-0.39, 0.29) is 30.9 Å². The Balaban J connectivity index is 1.92. The maximum absolute atomic E-state index is 12.1. The molecule has 7 nitrogen and oxygen atoms in total. The topological polar surface area (TPSA) is 103 Å². The number of nitrogens with one attached hydrogen (secondary N) is 2. The molecule has 7 heteroatoms. The van der Waals surface area contributed by atoms with E-state index in [1.54, 1.807) is 49.4 Å². The lowest BCUT2D eigenvalue weighted by Gasteiger charge is -2.12. The van der Waals surface area contributed by atoms with Crippen molar-refractivity contribution in [1.29, 1.82) is 0 Å². The van der Waals surface area contributed by atoms with E-state index in [9.17, 15) is 9.59 Å². The van der Waals surface area contributed by atoms with Crippen LogP contribution >= 0.6 is 0 Å². The minimum absolute atomic E-state index is 0.166. The van der Waals surface area contributed by atoms with E-state index in [1.165, 1.54) is 7.11 Å². The highest BCUT2D eigenvalue weighted by Gasteiger charge is 2.12. The van der Waals surface area contributed by atoms with Crippen LogP contribution < -0.4 is 25.8 Å². The van der Waals surface area contributed by atoms with Crippen LogP contribution in [-0.4, -0.2) is 32.1 Å². The number of para-hydroxylation sites is 2. The number of rotatable bonds is 8. The van der Waals surface area contributed by atoms with Gasteiger partial charge in [0.25, 0.3) is 5.91 Å². The average Bonchev–Trinajstić information content (AvgIpc) is 2.66. The Bertz CT molecular complexity index is 764. The molecule has 0 aliphatic rings. The molecule has 0 aromatic heterocycles. The van der Waals surface area contributed by atoms with Crippen LogP contribution in [0.2, 0.25) is 0 Å². The van der Waals surface area contributed by atoms with E-state index in [1.807, 2.05) is 6.07 Å². The SMILES string of the molecule is COc1ccccc1OCC(=O)Nc1cccc(NC(=O)C(C)CN)c1. The van der Waals surface area contributed by atoms with Crippen LogP contribution in [0.4, 0.5) is 11.4 Å². The number of carbonyl (C=O) groups is 2. The number of hydrogen-bond acceptors (Lipinski definition) is 5. The Kier molecular flexibility index (Phi) is 6.99. The summed E-state index contributed by atoms with van der Waals surface area (Å²) in [6.45, 7) is 1.85. The quantitative estimate of drug-likeness (QED) is 0.672. The molecule has 0 radical (unpaired) electrons. The molecular formula is C19H23N3O4. The number of amides is 2. The van der Waals surface area contributed by atoms with Crippen LogP contribution in [0.3, 0.4) is 0 Å². The van der Waals surface area contributed by atoms with Crippen molar-refractivity contribution < 1.29 is 19.1 Å². The van der Waals surface area contributed by atoms with Crippen LogP contribution in [0.15, 0.2) is 48.5 Å². The monoisotopic (exact) mass is 357 g/mol. The summed E-state index contributed by atoms with van der Waals surface area (Å²) in [5.74, 6) is 0.258. The molecule has 0 aliphatic carbocycles. The summed E-state index contributed by atoms with van der Waals surface area (Å²) in [7, 11) is 1.54. The standard InChI is InChI=1S/C19H23N3O4/c1-13(11-20)19(24)22-15-7-5-6-14(10-15)21-18(23)12-26-17-9-4-3-8-16(17)25-2/h3-10,13H,11-12,20H2,1-2H3,(H,21,23)(H,22,24). The Morgan fingerprint density at radius 3 is 2.35 bits per heavy atom. The summed E-state index contributed by atoms with van der Waals surface area (Å²) in [5, 5.41) is 5.49. The van der Waals surface area contributed by atoms with Crippen LogP contribution in [0.1, 0.15) is 6.92 Å². The minimum Gasteiger partial charge on any atom is -0.493 e. The highest BCUT2D eigenvalue weighted by molar-refractivity contribution is 5.95. The van der Waals surface area contributed by atoms with Gasteiger partial charge >= 0.3 is 0 Å². The largest absolute Gasteiger partial charge is 0.493 e. The van der Waals surface area contributed by atoms with Gasteiger partial charge in [-0.3, -0.25) is 9.59 Å².